The fourth-order valence-corrected chi connectivity index (χ4v) is 1.71. The predicted octanol–water partition coefficient (Wildman–Crippen LogP) is 4.31. The van der Waals surface area contributed by atoms with Gasteiger partial charge >= 0.3 is 0 Å². The summed E-state index contributed by atoms with van der Waals surface area (Å²) < 4.78 is 5.75. The number of rotatable bonds is 3. The molecule has 2 nitrogen and oxygen atoms in total. The minimum Gasteiger partial charge on any atom is -0.504 e. The molecule has 88 valence electrons. The molecule has 2 rings (SSSR count). The summed E-state index contributed by atoms with van der Waals surface area (Å²) in [6.45, 7) is 4.24. The number of hydrogen-bond acceptors (Lipinski definition) is 2. The summed E-state index contributed by atoms with van der Waals surface area (Å²) in [7, 11) is 0. The van der Waals surface area contributed by atoms with Crippen LogP contribution in [0.4, 0.5) is 0 Å². The third kappa shape index (κ3) is 2.59. The Kier molecular flexibility index (Phi) is 3.33. The number of phenolic OH excluding ortho intramolecular Hbond substituents is 1. The summed E-state index contributed by atoms with van der Waals surface area (Å²) in [5.74, 6) is 1.83. The fourth-order valence-electron chi connectivity index (χ4n) is 1.71. The van der Waals surface area contributed by atoms with Crippen LogP contribution in [0.2, 0.25) is 0 Å². The summed E-state index contributed by atoms with van der Waals surface area (Å²) in [4.78, 5) is 0. The number of phenols is 1. The lowest BCUT2D eigenvalue weighted by Crippen LogP contribution is -1.93. The minimum absolute atomic E-state index is 0.158. The monoisotopic (exact) mass is 228 g/mol. The number of hydrogen-bond donors (Lipinski definition) is 1. The molecule has 1 N–H and O–H groups in total. The van der Waals surface area contributed by atoms with E-state index in [1.165, 1.54) is 0 Å². The van der Waals surface area contributed by atoms with Crippen molar-refractivity contribution >= 4 is 0 Å². The van der Waals surface area contributed by atoms with Gasteiger partial charge in [0.15, 0.2) is 11.5 Å². The third-order valence-corrected chi connectivity index (χ3v) is 2.63. The molecule has 0 amide bonds. The van der Waals surface area contributed by atoms with Crippen LogP contribution in [0, 0.1) is 0 Å². The highest BCUT2D eigenvalue weighted by Crippen LogP contribution is 2.34. The van der Waals surface area contributed by atoms with Gasteiger partial charge in [-0.3, -0.25) is 0 Å². The van der Waals surface area contributed by atoms with Crippen LogP contribution in [0.5, 0.6) is 17.2 Å². The Morgan fingerprint density at radius 2 is 1.47 bits per heavy atom. The Morgan fingerprint density at radius 3 is 2.12 bits per heavy atom. The first kappa shape index (κ1) is 11.5. The SMILES string of the molecule is CC(C)c1ccccc1Oc1ccccc1O. The average Bonchev–Trinajstić information content (AvgIpc) is 2.32. The molecule has 0 fully saturated rings. The van der Waals surface area contributed by atoms with Crippen molar-refractivity contribution in [2.24, 2.45) is 0 Å². The number of aromatic hydroxyl groups is 1. The second kappa shape index (κ2) is 4.91. The van der Waals surface area contributed by atoms with Crippen LogP contribution in [0.25, 0.3) is 0 Å². The zero-order valence-corrected chi connectivity index (χ0v) is 10.1. The van der Waals surface area contributed by atoms with Gasteiger partial charge in [-0.1, -0.05) is 44.2 Å². The second-order valence-corrected chi connectivity index (χ2v) is 4.26. The Labute approximate surface area is 101 Å². The lowest BCUT2D eigenvalue weighted by molar-refractivity contribution is 0.408. The molecule has 0 saturated heterocycles. The first-order valence-electron chi connectivity index (χ1n) is 5.73. The van der Waals surface area contributed by atoms with Gasteiger partial charge in [-0.2, -0.15) is 0 Å². The summed E-state index contributed by atoms with van der Waals surface area (Å²) in [6, 6.07) is 14.9. The van der Waals surface area contributed by atoms with Gasteiger partial charge in [0.1, 0.15) is 5.75 Å². The molecule has 0 radical (unpaired) electrons. The van der Waals surface area contributed by atoms with E-state index in [0.717, 1.165) is 11.3 Å². The van der Waals surface area contributed by atoms with Crippen LogP contribution in [0.15, 0.2) is 48.5 Å². The van der Waals surface area contributed by atoms with Crippen molar-refractivity contribution in [1.29, 1.82) is 0 Å². The first-order chi connectivity index (χ1) is 8.18. The van der Waals surface area contributed by atoms with Crippen molar-refractivity contribution in [1.82, 2.24) is 0 Å². The van der Waals surface area contributed by atoms with Crippen LogP contribution < -0.4 is 4.74 Å². The summed E-state index contributed by atoms with van der Waals surface area (Å²) >= 11 is 0. The zero-order valence-electron chi connectivity index (χ0n) is 10.1. The topological polar surface area (TPSA) is 29.5 Å². The maximum Gasteiger partial charge on any atom is 0.169 e. The molecule has 0 heterocycles. The van der Waals surface area contributed by atoms with E-state index in [9.17, 15) is 5.11 Å². The lowest BCUT2D eigenvalue weighted by atomic mass is 10.0. The van der Waals surface area contributed by atoms with E-state index in [-0.39, 0.29) is 5.75 Å². The van der Waals surface area contributed by atoms with Crippen LogP contribution in [0.1, 0.15) is 25.3 Å². The van der Waals surface area contributed by atoms with Gasteiger partial charge in [0.2, 0.25) is 0 Å². The lowest BCUT2D eigenvalue weighted by Gasteiger charge is -2.14. The molecule has 0 aromatic heterocycles. The number of benzene rings is 2. The summed E-state index contributed by atoms with van der Waals surface area (Å²) in [5.41, 5.74) is 1.13. The van der Waals surface area contributed by atoms with Crippen molar-refractivity contribution in [3.63, 3.8) is 0 Å². The molecule has 2 aromatic rings. The normalized spacial score (nSPS) is 10.5. The van der Waals surface area contributed by atoms with Crippen molar-refractivity contribution in [2.45, 2.75) is 19.8 Å². The molecule has 2 heteroatoms. The van der Waals surface area contributed by atoms with Gasteiger partial charge in [-0.05, 0) is 29.7 Å². The molecular formula is C15H16O2. The highest BCUT2D eigenvalue weighted by Gasteiger charge is 2.09. The van der Waals surface area contributed by atoms with E-state index in [1.54, 1.807) is 18.2 Å². The van der Waals surface area contributed by atoms with Gasteiger partial charge in [0, 0.05) is 0 Å². The number of ether oxygens (including phenoxy) is 1. The van der Waals surface area contributed by atoms with Crippen molar-refractivity contribution in [2.75, 3.05) is 0 Å². The van der Waals surface area contributed by atoms with Gasteiger partial charge in [0.05, 0.1) is 0 Å². The van der Waals surface area contributed by atoms with Gasteiger partial charge in [0.25, 0.3) is 0 Å². The van der Waals surface area contributed by atoms with Crippen LogP contribution in [-0.4, -0.2) is 5.11 Å². The molecule has 0 aliphatic heterocycles. The fraction of sp³-hybridized carbons (Fsp3) is 0.200. The van der Waals surface area contributed by atoms with Crippen molar-refractivity contribution < 1.29 is 9.84 Å². The smallest absolute Gasteiger partial charge is 0.169 e. The Bertz CT molecular complexity index is 504. The molecular weight excluding hydrogens is 212 g/mol. The maximum absolute atomic E-state index is 9.68. The van der Waals surface area contributed by atoms with Gasteiger partial charge in [-0.25, -0.2) is 0 Å². The van der Waals surface area contributed by atoms with Gasteiger partial charge in [-0.15, -0.1) is 0 Å². The van der Waals surface area contributed by atoms with E-state index in [0.29, 0.717) is 11.7 Å². The molecule has 2 aromatic carbocycles. The van der Waals surface area contributed by atoms with Crippen LogP contribution in [0.3, 0.4) is 0 Å². The largest absolute Gasteiger partial charge is 0.504 e. The third-order valence-electron chi connectivity index (χ3n) is 2.63. The van der Waals surface area contributed by atoms with Crippen molar-refractivity contribution in [3.8, 4) is 17.2 Å². The first-order valence-corrected chi connectivity index (χ1v) is 5.73. The standard InChI is InChI=1S/C15H16O2/c1-11(2)12-7-3-5-9-14(12)17-15-10-6-4-8-13(15)16/h3-11,16H,1-2H3. The van der Waals surface area contributed by atoms with Crippen LogP contribution >= 0.6 is 0 Å². The van der Waals surface area contributed by atoms with Gasteiger partial charge < -0.3 is 9.84 Å². The van der Waals surface area contributed by atoms with E-state index in [1.807, 2.05) is 30.3 Å². The van der Waals surface area contributed by atoms with E-state index in [2.05, 4.69) is 13.8 Å². The molecule has 0 bridgehead atoms. The van der Waals surface area contributed by atoms with E-state index in [4.69, 9.17) is 4.74 Å². The maximum atomic E-state index is 9.68. The Balaban J connectivity index is 2.34. The summed E-state index contributed by atoms with van der Waals surface area (Å²) in [5, 5.41) is 9.68. The second-order valence-electron chi connectivity index (χ2n) is 4.26. The van der Waals surface area contributed by atoms with Crippen LogP contribution in [-0.2, 0) is 0 Å². The van der Waals surface area contributed by atoms with E-state index < -0.39 is 0 Å². The Morgan fingerprint density at radius 1 is 0.882 bits per heavy atom. The molecule has 0 aliphatic rings. The quantitative estimate of drug-likeness (QED) is 0.848. The molecule has 0 atom stereocenters. The minimum atomic E-state index is 0.158. The average molecular weight is 228 g/mol. The molecule has 0 saturated carbocycles. The molecule has 0 aliphatic carbocycles. The zero-order chi connectivity index (χ0) is 12.3. The highest BCUT2D eigenvalue weighted by molar-refractivity contribution is 5.44. The summed E-state index contributed by atoms with van der Waals surface area (Å²) in [6.07, 6.45) is 0. The molecule has 0 unspecified atom stereocenters. The van der Waals surface area contributed by atoms with E-state index >= 15 is 0 Å². The molecule has 17 heavy (non-hydrogen) atoms. The van der Waals surface area contributed by atoms with Crippen molar-refractivity contribution in [3.05, 3.63) is 54.1 Å². The highest BCUT2D eigenvalue weighted by atomic mass is 16.5. The Hall–Kier alpha value is -1.96. The predicted molar refractivity (Wildman–Crippen MR) is 68.7 cm³/mol. The number of para-hydroxylation sites is 3. The molecule has 0 spiro atoms.